The van der Waals surface area contributed by atoms with Crippen LogP contribution in [0.1, 0.15) is 0 Å². The van der Waals surface area contributed by atoms with E-state index in [1.165, 1.54) is 26.4 Å². The van der Waals surface area contributed by atoms with Crippen LogP contribution in [-0.2, 0) is 0 Å². The van der Waals surface area contributed by atoms with Crippen LogP contribution in [0.15, 0.2) is 36.4 Å². The first-order chi connectivity index (χ1) is 8.65. The van der Waals surface area contributed by atoms with Crippen LogP contribution in [0.25, 0.3) is 11.1 Å². The van der Waals surface area contributed by atoms with Gasteiger partial charge in [-0.05, 0) is 35.4 Å². The maximum atomic E-state index is 13.6. The molecular formula is C14H13FO3. The summed E-state index contributed by atoms with van der Waals surface area (Å²) in [6.45, 7) is 0. The van der Waals surface area contributed by atoms with E-state index >= 15 is 0 Å². The second-order valence-electron chi connectivity index (χ2n) is 3.74. The Hall–Kier alpha value is -2.23. The van der Waals surface area contributed by atoms with Crippen molar-refractivity contribution in [3.63, 3.8) is 0 Å². The van der Waals surface area contributed by atoms with E-state index in [9.17, 15) is 9.50 Å². The van der Waals surface area contributed by atoms with Gasteiger partial charge < -0.3 is 14.6 Å². The van der Waals surface area contributed by atoms with Gasteiger partial charge >= 0.3 is 0 Å². The molecule has 0 amide bonds. The smallest absolute Gasteiger partial charge is 0.165 e. The van der Waals surface area contributed by atoms with Gasteiger partial charge in [0.25, 0.3) is 0 Å². The van der Waals surface area contributed by atoms with Crippen molar-refractivity contribution in [2.75, 3.05) is 14.2 Å². The van der Waals surface area contributed by atoms with Crippen LogP contribution in [0.4, 0.5) is 4.39 Å². The zero-order valence-electron chi connectivity index (χ0n) is 10.1. The van der Waals surface area contributed by atoms with Gasteiger partial charge in [-0.15, -0.1) is 0 Å². The average Bonchev–Trinajstić information content (AvgIpc) is 2.38. The van der Waals surface area contributed by atoms with Crippen molar-refractivity contribution in [1.29, 1.82) is 0 Å². The number of rotatable bonds is 3. The number of halogens is 1. The molecule has 4 heteroatoms. The van der Waals surface area contributed by atoms with Gasteiger partial charge in [0, 0.05) is 0 Å². The fourth-order valence-electron chi connectivity index (χ4n) is 1.72. The van der Waals surface area contributed by atoms with E-state index in [2.05, 4.69) is 0 Å². The Morgan fingerprint density at radius 1 is 0.889 bits per heavy atom. The summed E-state index contributed by atoms with van der Waals surface area (Å²) in [6.07, 6.45) is 0. The maximum Gasteiger partial charge on any atom is 0.165 e. The van der Waals surface area contributed by atoms with E-state index in [1.807, 2.05) is 0 Å². The van der Waals surface area contributed by atoms with Crippen molar-refractivity contribution in [2.24, 2.45) is 0 Å². The van der Waals surface area contributed by atoms with Gasteiger partial charge in [-0.1, -0.05) is 12.1 Å². The lowest BCUT2D eigenvalue weighted by Gasteiger charge is -2.08. The molecule has 3 nitrogen and oxygen atoms in total. The Labute approximate surface area is 104 Å². The first-order valence-electron chi connectivity index (χ1n) is 5.36. The molecule has 0 saturated heterocycles. The van der Waals surface area contributed by atoms with Gasteiger partial charge in [-0.3, -0.25) is 0 Å². The molecule has 94 valence electrons. The quantitative estimate of drug-likeness (QED) is 0.906. The third kappa shape index (κ3) is 2.22. The van der Waals surface area contributed by atoms with E-state index in [1.54, 1.807) is 24.3 Å². The molecule has 0 heterocycles. The summed E-state index contributed by atoms with van der Waals surface area (Å²) in [6, 6.07) is 9.54. The standard InChI is InChI=1S/C14H13FO3/c1-17-13-5-3-9(7-11(13)15)10-4-6-14(18-2)12(16)8-10/h3-8,16H,1-2H3. The lowest BCUT2D eigenvalue weighted by atomic mass is 10.0. The summed E-state index contributed by atoms with van der Waals surface area (Å²) in [5.41, 5.74) is 1.36. The van der Waals surface area contributed by atoms with Crippen LogP contribution in [0.2, 0.25) is 0 Å². The number of ether oxygens (including phenoxy) is 2. The molecule has 0 unspecified atom stereocenters. The summed E-state index contributed by atoms with van der Waals surface area (Å²) >= 11 is 0. The molecule has 1 N–H and O–H groups in total. The van der Waals surface area contributed by atoms with E-state index in [4.69, 9.17) is 9.47 Å². The van der Waals surface area contributed by atoms with Crippen molar-refractivity contribution >= 4 is 0 Å². The third-order valence-corrected chi connectivity index (χ3v) is 2.66. The first kappa shape index (κ1) is 12.2. The number of hydrogen-bond donors (Lipinski definition) is 1. The number of phenolic OH excluding ortho intramolecular Hbond substituents is 1. The van der Waals surface area contributed by atoms with Crippen molar-refractivity contribution in [1.82, 2.24) is 0 Å². The van der Waals surface area contributed by atoms with Crippen LogP contribution < -0.4 is 9.47 Å². The van der Waals surface area contributed by atoms with Crippen LogP contribution in [-0.4, -0.2) is 19.3 Å². The van der Waals surface area contributed by atoms with Crippen molar-refractivity contribution in [3.05, 3.63) is 42.2 Å². The Bertz CT molecular complexity index is 515. The lowest BCUT2D eigenvalue weighted by molar-refractivity contribution is 0.373. The second-order valence-corrected chi connectivity index (χ2v) is 3.74. The highest BCUT2D eigenvalue weighted by atomic mass is 19.1. The summed E-state index contributed by atoms with van der Waals surface area (Å²) in [7, 11) is 2.89. The molecule has 0 aromatic heterocycles. The molecule has 18 heavy (non-hydrogen) atoms. The fraction of sp³-hybridized carbons (Fsp3) is 0.143. The zero-order chi connectivity index (χ0) is 13.1. The highest BCUT2D eigenvalue weighted by molar-refractivity contribution is 5.67. The van der Waals surface area contributed by atoms with Gasteiger partial charge in [0.05, 0.1) is 14.2 Å². The molecule has 0 bridgehead atoms. The molecule has 0 fully saturated rings. The van der Waals surface area contributed by atoms with Crippen LogP contribution in [0, 0.1) is 5.82 Å². The van der Waals surface area contributed by atoms with E-state index in [0.717, 1.165) is 0 Å². The van der Waals surface area contributed by atoms with Gasteiger partial charge in [0.15, 0.2) is 23.1 Å². The Morgan fingerprint density at radius 2 is 1.44 bits per heavy atom. The number of aromatic hydroxyl groups is 1. The Morgan fingerprint density at radius 3 is 1.94 bits per heavy atom. The Kier molecular flexibility index (Phi) is 3.37. The van der Waals surface area contributed by atoms with Gasteiger partial charge in [0.1, 0.15) is 0 Å². The molecule has 0 aliphatic carbocycles. The third-order valence-electron chi connectivity index (χ3n) is 2.66. The minimum Gasteiger partial charge on any atom is -0.504 e. The molecule has 0 spiro atoms. The van der Waals surface area contributed by atoms with Crippen LogP contribution >= 0.6 is 0 Å². The number of hydrogen-bond acceptors (Lipinski definition) is 3. The Balaban J connectivity index is 2.42. The SMILES string of the molecule is COc1ccc(-c2ccc(OC)c(F)c2)cc1O. The van der Waals surface area contributed by atoms with Crippen molar-refractivity contribution in [3.8, 4) is 28.4 Å². The average molecular weight is 248 g/mol. The molecule has 0 aliphatic rings. The normalized spacial score (nSPS) is 10.2. The topological polar surface area (TPSA) is 38.7 Å². The number of methoxy groups -OCH3 is 2. The number of benzene rings is 2. The lowest BCUT2D eigenvalue weighted by Crippen LogP contribution is -1.89. The second kappa shape index (κ2) is 4.96. The van der Waals surface area contributed by atoms with Gasteiger partial charge in [-0.2, -0.15) is 0 Å². The maximum absolute atomic E-state index is 13.6. The summed E-state index contributed by atoms with van der Waals surface area (Å²) in [4.78, 5) is 0. The predicted molar refractivity (Wildman–Crippen MR) is 66.6 cm³/mol. The highest BCUT2D eigenvalue weighted by Crippen LogP contribution is 2.32. The minimum atomic E-state index is -0.440. The zero-order valence-corrected chi connectivity index (χ0v) is 10.1. The summed E-state index contributed by atoms with van der Waals surface area (Å²) < 4.78 is 23.4. The van der Waals surface area contributed by atoms with Gasteiger partial charge in [0.2, 0.25) is 0 Å². The number of phenols is 1. The van der Waals surface area contributed by atoms with Crippen molar-refractivity contribution in [2.45, 2.75) is 0 Å². The van der Waals surface area contributed by atoms with Crippen molar-refractivity contribution < 1.29 is 19.0 Å². The monoisotopic (exact) mass is 248 g/mol. The largest absolute Gasteiger partial charge is 0.504 e. The van der Waals surface area contributed by atoms with Gasteiger partial charge in [-0.25, -0.2) is 4.39 Å². The molecule has 0 atom stereocenters. The van der Waals surface area contributed by atoms with Crippen LogP contribution in [0.3, 0.4) is 0 Å². The molecule has 0 radical (unpaired) electrons. The molecule has 2 rings (SSSR count). The van der Waals surface area contributed by atoms with E-state index in [0.29, 0.717) is 16.9 Å². The fourth-order valence-corrected chi connectivity index (χ4v) is 1.72. The summed E-state index contributed by atoms with van der Waals surface area (Å²) in [5.74, 6) is 0.153. The molecule has 0 aliphatic heterocycles. The molecule has 2 aromatic carbocycles. The van der Waals surface area contributed by atoms with E-state index < -0.39 is 5.82 Å². The molecule has 0 saturated carbocycles. The molecular weight excluding hydrogens is 235 g/mol. The predicted octanol–water partition coefficient (Wildman–Crippen LogP) is 3.22. The minimum absolute atomic E-state index is 0.0197. The summed E-state index contributed by atoms with van der Waals surface area (Å²) in [5, 5.41) is 9.68. The van der Waals surface area contributed by atoms with E-state index in [-0.39, 0.29) is 11.5 Å². The highest BCUT2D eigenvalue weighted by Gasteiger charge is 2.07. The molecule has 2 aromatic rings. The van der Waals surface area contributed by atoms with Crippen LogP contribution in [0.5, 0.6) is 17.2 Å². The first-order valence-corrected chi connectivity index (χ1v) is 5.36.